The fraction of sp³-hybridized carbons (Fsp3) is 1.00. The molecular weight excluding hydrogens is 186 g/mol. The van der Waals surface area contributed by atoms with Crippen molar-refractivity contribution in [2.45, 2.75) is 32.2 Å². The fourth-order valence-electron chi connectivity index (χ4n) is 3.33. The third-order valence-corrected chi connectivity index (χ3v) is 4.33. The van der Waals surface area contributed by atoms with E-state index in [2.05, 4.69) is 23.6 Å². The Morgan fingerprint density at radius 3 is 2.20 bits per heavy atom. The molecule has 0 radical (unpaired) electrons. The number of likely N-dealkylation sites (N-methyl/N-ethyl adjacent to an activating group) is 1. The maximum atomic E-state index is 5.97. The maximum Gasteiger partial charge on any atom is 0.0337 e. The lowest BCUT2D eigenvalue weighted by Gasteiger charge is -2.55. The summed E-state index contributed by atoms with van der Waals surface area (Å²) in [5.41, 5.74) is 6.35. The van der Waals surface area contributed by atoms with Crippen molar-refractivity contribution in [3.8, 4) is 0 Å². The predicted octanol–water partition coefficient (Wildman–Crippen LogP) is 0.751. The van der Waals surface area contributed by atoms with Crippen molar-refractivity contribution in [3.05, 3.63) is 0 Å². The molecule has 1 heterocycles. The van der Waals surface area contributed by atoms with Crippen molar-refractivity contribution in [2.75, 3.05) is 39.3 Å². The van der Waals surface area contributed by atoms with Crippen LogP contribution < -0.4 is 5.73 Å². The Kier molecular flexibility index (Phi) is 3.33. The van der Waals surface area contributed by atoms with Gasteiger partial charge in [-0.2, -0.15) is 0 Å². The molecule has 0 aromatic carbocycles. The number of piperazine rings is 1. The smallest absolute Gasteiger partial charge is 0.0337 e. The molecule has 0 amide bonds. The highest BCUT2D eigenvalue weighted by Crippen LogP contribution is 2.41. The Hall–Kier alpha value is -0.120. The number of nitrogens with two attached hydrogens (primary N) is 1. The van der Waals surface area contributed by atoms with Crippen molar-refractivity contribution in [1.29, 1.82) is 0 Å². The summed E-state index contributed by atoms with van der Waals surface area (Å²) in [7, 11) is 0. The Bertz CT molecular complexity index is 203. The van der Waals surface area contributed by atoms with Gasteiger partial charge in [-0.25, -0.2) is 0 Å². The van der Waals surface area contributed by atoms with E-state index >= 15 is 0 Å². The molecule has 0 unspecified atom stereocenters. The van der Waals surface area contributed by atoms with Gasteiger partial charge < -0.3 is 10.6 Å². The van der Waals surface area contributed by atoms with Crippen molar-refractivity contribution in [1.82, 2.24) is 9.80 Å². The molecule has 1 aliphatic heterocycles. The van der Waals surface area contributed by atoms with E-state index in [9.17, 15) is 0 Å². The van der Waals surface area contributed by atoms with Crippen LogP contribution in [0.3, 0.4) is 0 Å². The van der Waals surface area contributed by atoms with E-state index in [0.717, 1.165) is 12.5 Å². The summed E-state index contributed by atoms with van der Waals surface area (Å²) in [5.74, 6) is 0.887. The van der Waals surface area contributed by atoms with Crippen molar-refractivity contribution in [3.63, 3.8) is 0 Å². The minimum atomic E-state index is 0.374. The summed E-state index contributed by atoms with van der Waals surface area (Å²) >= 11 is 0. The zero-order valence-corrected chi connectivity index (χ0v) is 10.2. The average Bonchev–Trinajstić information content (AvgIpc) is 2.25. The fourth-order valence-corrected chi connectivity index (χ4v) is 3.33. The molecule has 1 saturated carbocycles. The molecule has 0 aromatic heterocycles. The van der Waals surface area contributed by atoms with Gasteiger partial charge in [0.2, 0.25) is 0 Å². The SMILES string of the molecule is CCN1CCN(C2(CN)CC(C)C2)CC1. The van der Waals surface area contributed by atoms with Crippen LogP contribution >= 0.6 is 0 Å². The van der Waals surface area contributed by atoms with Crippen molar-refractivity contribution < 1.29 is 0 Å². The summed E-state index contributed by atoms with van der Waals surface area (Å²) in [6, 6.07) is 0. The van der Waals surface area contributed by atoms with Crippen molar-refractivity contribution in [2.24, 2.45) is 11.7 Å². The third kappa shape index (κ3) is 2.05. The van der Waals surface area contributed by atoms with E-state index in [1.165, 1.54) is 45.6 Å². The second-order valence-corrected chi connectivity index (χ2v) is 5.36. The van der Waals surface area contributed by atoms with Gasteiger partial charge in [-0.3, -0.25) is 4.90 Å². The van der Waals surface area contributed by atoms with E-state index in [-0.39, 0.29) is 0 Å². The van der Waals surface area contributed by atoms with Crippen LogP contribution in [0.4, 0.5) is 0 Å². The minimum Gasteiger partial charge on any atom is -0.329 e. The highest BCUT2D eigenvalue weighted by atomic mass is 15.3. The van der Waals surface area contributed by atoms with Gasteiger partial charge >= 0.3 is 0 Å². The highest BCUT2D eigenvalue weighted by Gasteiger charge is 2.45. The van der Waals surface area contributed by atoms with E-state index in [1.54, 1.807) is 0 Å². The lowest BCUT2D eigenvalue weighted by molar-refractivity contribution is -0.0388. The molecule has 0 bridgehead atoms. The van der Waals surface area contributed by atoms with Gasteiger partial charge in [0, 0.05) is 38.3 Å². The van der Waals surface area contributed by atoms with Crippen LogP contribution in [0.2, 0.25) is 0 Å². The van der Waals surface area contributed by atoms with Crippen LogP contribution in [-0.2, 0) is 0 Å². The topological polar surface area (TPSA) is 32.5 Å². The second-order valence-electron chi connectivity index (χ2n) is 5.36. The lowest BCUT2D eigenvalue weighted by Crippen LogP contribution is -2.65. The van der Waals surface area contributed by atoms with Gasteiger partial charge in [-0.15, -0.1) is 0 Å². The van der Waals surface area contributed by atoms with E-state index in [4.69, 9.17) is 5.73 Å². The molecule has 2 rings (SSSR count). The zero-order chi connectivity index (χ0) is 10.9. The monoisotopic (exact) mass is 211 g/mol. The molecule has 0 aromatic rings. The first kappa shape index (κ1) is 11.4. The molecule has 88 valence electrons. The molecule has 1 aliphatic carbocycles. The van der Waals surface area contributed by atoms with Gasteiger partial charge in [0.25, 0.3) is 0 Å². The Labute approximate surface area is 93.6 Å². The molecular formula is C12H25N3. The first-order chi connectivity index (χ1) is 7.20. The Morgan fingerprint density at radius 1 is 1.20 bits per heavy atom. The molecule has 3 heteroatoms. The van der Waals surface area contributed by atoms with Crippen LogP contribution in [0, 0.1) is 5.92 Å². The molecule has 2 aliphatic rings. The summed E-state index contributed by atoms with van der Waals surface area (Å²) in [6.07, 6.45) is 2.63. The Morgan fingerprint density at radius 2 is 1.80 bits per heavy atom. The van der Waals surface area contributed by atoms with Gasteiger partial charge in [-0.1, -0.05) is 13.8 Å². The summed E-state index contributed by atoms with van der Waals surface area (Å²) in [4.78, 5) is 5.18. The molecule has 2 N–H and O–H groups in total. The first-order valence-corrected chi connectivity index (χ1v) is 6.37. The summed E-state index contributed by atoms with van der Waals surface area (Å²) in [6.45, 7) is 11.5. The first-order valence-electron chi connectivity index (χ1n) is 6.37. The summed E-state index contributed by atoms with van der Waals surface area (Å²) < 4.78 is 0. The number of hydrogen-bond acceptors (Lipinski definition) is 3. The number of hydrogen-bond donors (Lipinski definition) is 1. The minimum absolute atomic E-state index is 0.374. The number of rotatable bonds is 3. The standard InChI is InChI=1S/C12H25N3/c1-3-14-4-6-15(7-5-14)12(10-13)8-11(2)9-12/h11H,3-10,13H2,1-2H3. The van der Waals surface area contributed by atoms with E-state index < -0.39 is 0 Å². The maximum absolute atomic E-state index is 5.97. The quantitative estimate of drug-likeness (QED) is 0.748. The van der Waals surface area contributed by atoms with Crippen molar-refractivity contribution >= 4 is 0 Å². The lowest BCUT2D eigenvalue weighted by atomic mass is 9.68. The molecule has 0 spiro atoms. The van der Waals surface area contributed by atoms with Crippen LogP contribution in [0.15, 0.2) is 0 Å². The molecule has 3 nitrogen and oxygen atoms in total. The van der Waals surface area contributed by atoms with Gasteiger partial charge in [-0.05, 0) is 25.3 Å². The van der Waals surface area contributed by atoms with Crippen LogP contribution in [0.5, 0.6) is 0 Å². The highest BCUT2D eigenvalue weighted by molar-refractivity contribution is 5.03. The van der Waals surface area contributed by atoms with Gasteiger partial charge in [0.1, 0.15) is 0 Å². The average molecular weight is 211 g/mol. The van der Waals surface area contributed by atoms with E-state index in [0.29, 0.717) is 5.54 Å². The van der Waals surface area contributed by atoms with Crippen LogP contribution in [0.25, 0.3) is 0 Å². The zero-order valence-electron chi connectivity index (χ0n) is 10.2. The predicted molar refractivity (Wildman–Crippen MR) is 63.9 cm³/mol. The Balaban J connectivity index is 1.89. The van der Waals surface area contributed by atoms with E-state index in [1.807, 2.05) is 0 Å². The van der Waals surface area contributed by atoms with Gasteiger partial charge in [0.05, 0.1) is 0 Å². The summed E-state index contributed by atoms with van der Waals surface area (Å²) in [5, 5.41) is 0. The normalized spacial score (nSPS) is 39.0. The molecule has 0 atom stereocenters. The third-order valence-electron chi connectivity index (χ3n) is 4.33. The van der Waals surface area contributed by atoms with Crippen LogP contribution in [0.1, 0.15) is 26.7 Å². The number of nitrogens with zero attached hydrogens (tertiary/aromatic N) is 2. The largest absolute Gasteiger partial charge is 0.329 e. The molecule has 2 fully saturated rings. The molecule has 1 saturated heterocycles. The second kappa shape index (κ2) is 4.40. The van der Waals surface area contributed by atoms with Crippen LogP contribution in [-0.4, -0.2) is 54.6 Å². The molecule has 15 heavy (non-hydrogen) atoms. The van der Waals surface area contributed by atoms with Gasteiger partial charge in [0.15, 0.2) is 0 Å².